The minimum Gasteiger partial charge on any atom is -0.333 e. The Balaban J connectivity index is 2.05. The lowest BCUT2D eigenvalue weighted by Crippen LogP contribution is -2.51. The van der Waals surface area contributed by atoms with Gasteiger partial charge in [-0.3, -0.25) is 4.90 Å². The van der Waals surface area contributed by atoms with Gasteiger partial charge in [0.05, 0.1) is 6.54 Å². The summed E-state index contributed by atoms with van der Waals surface area (Å²) in [5, 5.41) is 3.50. The molecule has 0 spiro atoms. The summed E-state index contributed by atoms with van der Waals surface area (Å²) in [6, 6.07) is 1.22. The molecule has 2 unspecified atom stereocenters. The predicted molar refractivity (Wildman–Crippen MR) is 74.5 cm³/mol. The summed E-state index contributed by atoms with van der Waals surface area (Å²) in [6.07, 6.45) is 7.70. The normalized spacial score (nSPS) is 19.5. The Kier molecular flexibility index (Phi) is 4.78. The van der Waals surface area contributed by atoms with Gasteiger partial charge in [0, 0.05) is 37.6 Å². The zero-order valence-electron chi connectivity index (χ0n) is 11.9. The van der Waals surface area contributed by atoms with E-state index in [-0.39, 0.29) is 0 Å². The molecule has 0 fully saturated rings. The fourth-order valence-electron chi connectivity index (χ4n) is 3.11. The summed E-state index contributed by atoms with van der Waals surface area (Å²) < 4.78 is 2.28. The van der Waals surface area contributed by atoms with Crippen molar-refractivity contribution in [3.8, 4) is 0 Å². The first-order valence-electron chi connectivity index (χ1n) is 7.21. The number of hydrogen-bond donors (Lipinski definition) is 1. The molecule has 0 saturated heterocycles. The summed E-state index contributed by atoms with van der Waals surface area (Å²) in [6.45, 7) is 7.78. The lowest BCUT2D eigenvalue weighted by molar-refractivity contribution is 0.115. The van der Waals surface area contributed by atoms with E-state index in [4.69, 9.17) is 0 Å². The third-order valence-electron chi connectivity index (χ3n) is 4.10. The van der Waals surface area contributed by atoms with Crippen molar-refractivity contribution in [1.82, 2.24) is 19.8 Å². The molecule has 0 bridgehead atoms. The molecule has 2 heterocycles. The molecule has 2 rings (SSSR count). The maximum Gasteiger partial charge on any atom is 0.122 e. The number of nitrogens with one attached hydrogen (secondary N) is 1. The Bertz CT molecular complexity index is 360. The number of imidazole rings is 1. The van der Waals surface area contributed by atoms with Crippen LogP contribution in [0.2, 0.25) is 0 Å². The van der Waals surface area contributed by atoms with Gasteiger partial charge in [-0.15, -0.1) is 0 Å². The Morgan fingerprint density at radius 2 is 2.22 bits per heavy atom. The second-order valence-electron chi connectivity index (χ2n) is 5.17. The van der Waals surface area contributed by atoms with Crippen molar-refractivity contribution in [3.05, 3.63) is 18.2 Å². The topological polar surface area (TPSA) is 33.1 Å². The van der Waals surface area contributed by atoms with E-state index in [9.17, 15) is 0 Å². The number of nitrogens with zero attached hydrogens (tertiary/aromatic N) is 3. The van der Waals surface area contributed by atoms with Crippen LogP contribution in [-0.4, -0.2) is 40.1 Å². The van der Waals surface area contributed by atoms with Crippen LogP contribution in [0.15, 0.2) is 12.4 Å². The van der Waals surface area contributed by atoms with Crippen LogP contribution in [0.4, 0.5) is 0 Å². The fourth-order valence-corrected chi connectivity index (χ4v) is 3.11. The lowest BCUT2D eigenvalue weighted by Gasteiger charge is -2.38. The summed E-state index contributed by atoms with van der Waals surface area (Å²) in [7, 11) is 2.09. The van der Waals surface area contributed by atoms with Gasteiger partial charge in [-0.25, -0.2) is 4.98 Å². The smallest absolute Gasteiger partial charge is 0.122 e. The molecule has 0 aromatic carbocycles. The van der Waals surface area contributed by atoms with Crippen LogP contribution in [0.3, 0.4) is 0 Å². The van der Waals surface area contributed by atoms with E-state index in [1.165, 1.54) is 25.1 Å². The van der Waals surface area contributed by atoms with Crippen molar-refractivity contribution in [3.63, 3.8) is 0 Å². The molecule has 1 aromatic heterocycles. The third kappa shape index (κ3) is 2.75. The molecule has 4 nitrogen and oxygen atoms in total. The van der Waals surface area contributed by atoms with Crippen molar-refractivity contribution in [2.45, 2.75) is 58.3 Å². The van der Waals surface area contributed by atoms with Crippen LogP contribution in [0, 0.1) is 0 Å². The van der Waals surface area contributed by atoms with E-state index in [1.54, 1.807) is 0 Å². The molecule has 102 valence electrons. The number of rotatable bonds is 6. The maximum atomic E-state index is 4.46. The fraction of sp³-hybridized carbons (Fsp3) is 0.786. The molecule has 1 aliphatic heterocycles. The van der Waals surface area contributed by atoms with E-state index in [2.05, 4.69) is 46.9 Å². The molecule has 1 N–H and O–H groups in total. The molecule has 0 amide bonds. The van der Waals surface area contributed by atoms with Crippen molar-refractivity contribution in [2.75, 3.05) is 13.6 Å². The van der Waals surface area contributed by atoms with Gasteiger partial charge in [0.2, 0.25) is 0 Å². The molecular formula is C14H26N4. The Morgan fingerprint density at radius 1 is 1.39 bits per heavy atom. The quantitative estimate of drug-likeness (QED) is 0.836. The van der Waals surface area contributed by atoms with E-state index in [0.717, 1.165) is 19.6 Å². The van der Waals surface area contributed by atoms with Gasteiger partial charge in [-0.2, -0.15) is 0 Å². The molecule has 0 radical (unpaired) electrons. The number of aromatic nitrogens is 2. The number of hydrogen-bond acceptors (Lipinski definition) is 3. The minimum atomic E-state index is 0.599. The average Bonchev–Trinajstić information content (AvgIpc) is 2.86. The summed E-state index contributed by atoms with van der Waals surface area (Å²) in [4.78, 5) is 7.05. The first-order valence-corrected chi connectivity index (χ1v) is 7.21. The van der Waals surface area contributed by atoms with Gasteiger partial charge in [0.15, 0.2) is 0 Å². The Hall–Kier alpha value is -0.870. The first kappa shape index (κ1) is 13.6. The minimum absolute atomic E-state index is 0.599. The highest BCUT2D eigenvalue weighted by Gasteiger charge is 2.27. The largest absolute Gasteiger partial charge is 0.333 e. The van der Waals surface area contributed by atoms with Gasteiger partial charge in [-0.1, -0.05) is 20.3 Å². The van der Waals surface area contributed by atoms with Crippen molar-refractivity contribution in [1.29, 1.82) is 0 Å². The van der Waals surface area contributed by atoms with Gasteiger partial charge in [0.1, 0.15) is 5.82 Å². The molecule has 1 aromatic rings. The Morgan fingerprint density at radius 3 is 2.89 bits per heavy atom. The highest BCUT2D eigenvalue weighted by molar-refractivity contribution is 4.97. The first-order chi connectivity index (χ1) is 8.80. The third-order valence-corrected chi connectivity index (χ3v) is 4.10. The van der Waals surface area contributed by atoms with E-state index in [1.807, 2.05) is 6.20 Å². The molecule has 18 heavy (non-hydrogen) atoms. The van der Waals surface area contributed by atoms with Crippen LogP contribution in [-0.2, 0) is 13.1 Å². The highest BCUT2D eigenvalue weighted by Crippen LogP contribution is 2.19. The van der Waals surface area contributed by atoms with Gasteiger partial charge >= 0.3 is 0 Å². The van der Waals surface area contributed by atoms with Crippen LogP contribution in [0.25, 0.3) is 0 Å². The highest BCUT2D eigenvalue weighted by atomic mass is 15.3. The average molecular weight is 250 g/mol. The molecule has 0 aliphatic carbocycles. The molecular weight excluding hydrogens is 224 g/mol. The van der Waals surface area contributed by atoms with Crippen molar-refractivity contribution in [2.24, 2.45) is 0 Å². The van der Waals surface area contributed by atoms with E-state index < -0.39 is 0 Å². The zero-order valence-corrected chi connectivity index (χ0v) is 11.9. The summed E-state index contributed by atoms with van der Waals surface area (Å²) in [5.41, 5.74) is 0. The second-order valence-corrected chi connectivity index (χ2v) is 5.17. The molecule has 0 saturated carbocycles. The summed E-state index contributed by atoms with van der Waals surface area (Å²) in [5.74, 6) is 1.21. The lowest BCUT2D eigenvalue weighted by atomic mass is 9.98. The standard InChI is InChI=1S/C14H26N4/c1-4-6-12(15-3)13(5-2)18-10-9-17-8-7-16-14(17)11-18/h7-8,12-13,15H,4-6,9-11H2,1-3H3. The maximum absolute atomic E-state index is 4.46. The van der Waals surface area contributed by atoms with Crippen LogP contribution < -0.4 is 5.32 Å². The predicted octanol–water partition coefficient (Wildman–Crippen LogP) is 1.87. The molecule has 4 heteroatoms. The van der Waals surface area contributed by atoms with Gasteiger partial charge in [-0.05, 0) is 19.9 Å². The van der Waals surface area contributed by atoms with Crippen molar-refractivity contribution >= 4 is 0 Å². The van der Waals surface area contributed by atoms with E-state index >= 15 is 0 Å². The SMILES string of the molecule is CCCC(NC)C(CC)N1CCn2ccnc2C1. The van der Waals surface area contributed by atoms with Crippen LogP contribution in [0.1, 0.15) is 38.9 Å². The monoisotopic (exact) mass is 250 g/mol. The van der Waals surface area contributed by atoms with Crippen molar-refractivity contribution < 1.29 is 0 Å². The molecule has 1 aliphatic rings. The Labute approximate surface area is 110 Å². The van der Waals surface area contributed by atoms with E-state index in [0.29, 0.717) is 12.1 Å². The zero-order chi connectivity index (χ0) is 13.0. The number of fused-ring (bicyclic) bond motifs is 1. The van der Waals surface area contributed by atoms with Crippen LogP contribution >= 0.6 is 0 Å². The number of likely N-dealkylation sites (N-methyl/N-ethyl adjacent to an activating group) is 1. The van der Waals surface area contributed by atoms with Gasteiger partial charge in [0.25, 0.3) is 0 Å². The second kappa shape index (κ2) is 6.34. The summed E-state index contributed by atoms with van der Waals surface area (Å²) >= 11 is 0. The van der Waals surface area contributed by atoms with Gasteiger partial charge < -0.3 is 9.88 Å². The van der Waals surface area contributed by atoms with Crippen LogP contribution in [0.5, 0.6) is 0 Å². The molecule has 2 atom stereocenters.